The number of aliphatic hydroxyl groups is 1. The number of hydrogen-bond acceptors (Lipinski definition) is 7. The summed E-state index contributed by atoms with van der Waals surface area (Å²) in [5, 5.41) is 13.7. The molecular formula is C23H25N5O2. The van der Waals surface area contributed by atoms with Crippen LogP contribution in [0.1, 0.15) is 31.2 Å². The molecule has 7 nitrogen and oxygen atoms in total. The van der Waals surface area contributed by atoms with Gasteiger partial charge in [0.2, 0.25) is 0 Å². The summed E-state index contributed by atoms with van der Waals surface area (Å²) < 4.78 is 5.97. The van der Waals surface area contributed by atoms with E-state index >= 15 is 0 Å². The number of nitrogens with zero attached hydrogens (tertiary/aromatic N) is 4. The minimum absolute atomic E-state index is 0.221. The fourth-order valence-corrected chi connectivity index (χ4v) is 4.28. The summed E-state index contributed by atoms with van der Waals surface area (Å²) in [5.41, 5.74) is 3.36. The Bertz CT molecular complexity index is 1140. The monoisotopic (exact) mass is 403 g/mol. The molecule has 1 fully saturated rings. The molecule has 4 heterocycles. The van der Waals surface area contributed by atoms with Gasteiger partial charge < -0.3 is 19.7 Å². The Morgan fingerprint density at radius 1 is 1.10 bits per heavy atom. The van der Waals surface area contributed by atoms with Crippen molar-refractivity contribution in [3.63, 3.8) is 0 Å². The van der Waals surface area contributed by atoms with Gasteiger partial charge in [-0.05, 0) is 49.4 Å². The lowest BCUT2D eigenvalue weighted by molar-refractivity contribution is 0.262. The molecule has 0 radical (unpaired) electrons. The smallest absolute Gasteiger partial charge is 0.196 e. The Balaban J connectivity index is 1.32. The van der Waals surface area contributed by atoms with Crippen LogP contribution in [0.4, 0.5) is 11.6 Å². The van der Waals surface area contributed by atoms with Gasteiger partial charge in [0.05, 0.1) is 0 Å². The third kappa shape index (κ3) is 3.57. The number of hydrogen-bond donors (Lipinski definition) is 2. The number of nitrogens with one attached hydrogen (secondary N) is 1. The minimum Gasteiger partial charge on any atom is -0.450 e. The predicted octanol–water partition coefficient (Wildman–Crippen LogP) is 4.12. The van der Waals surface area contributed by atoms with Crippen molar-refractivity contribution >= 4 is 33.7 Å². The van der Waals surface area contributed by atoms with E-state index in [1.807, 2.05) is 30.5 Å². The Hall–Kier alpha value is -3.19. The SMILES string of the molecule is OCC[C@@H]1CCCCN1c1ccc(CNc2ncnc3c2oc2ccccc23)cn1. The van der Waals surface area contributed by atoms with Gasteiger partial charge in [0.1, 0.15) is 23.2 Å². The lowest BCUT2D eigenvalue weighted by atomic mass is 9.99. The summed E-state index contributed by atoms with van der Waals surface area (Å²) in [4.78, 5) is 15.8. The average Bonchev–Trinajstić information content (AvgIpc) is 3.18. The second kappa shape index (κ2) is 8.28. The summed E-state index contributed by atoms with van der Waals surface area (Å²) in [7, 11) is 0. The number of aliphatic hydroxyl groups excluding tert-OH is 1. The molecule has 1 aliphatic heterocycles. The molecule has 3 aromatic heterocycles. The molecule has 2 N–H and O–H groups in total. The lowest BCUT2D eigenvalue weighted by Gasteiger charge is -2.36. The first-order chi connectivity index (χ1) is 14.8. The zero-order valence-electron chi connectivity index (χ0n) is 16.8. The standard InChI is InChI=1S/C23H25N5O2/c29-12-10-17-5-3-4-11-28(17)20-9-8-16(13-24-20)14-25-23-22-21(26-15-27-23)18-6-1-2-7-19(18)30-22/h1-2,6-9,13,15,17,29H,3-5,10-12,14H2,(H,25,26,27)/t17-/m0/s1. The minimum atomic E-state index is 0.221. The van der Waals surface area contributed by atoms with Crippen LogP contribution in [0.25, 0.3) is 22.1 Å². The zero-order chi connectivity index (χ0) is 20.3. The number of piperidine rings is 1. The van der Waals surface area contributed by atoms with Crippen LogP contribution in [0.3, 0.4) is 0 Å². The molecule has 154 valence electrons. The number of pyridine rings is 1. The van der Waals surface area contributed by atoms with Crippen LogP contribution in [0.5, 0.6) is 0 Å². The van der Waals surface area contributed by atoms with Crippen LogP contribution in [-0.2, 0) is 6.54 Å². The average molecular weight is 403 g/mol. The van der Waals surface area contributed by atoms with Gasteiger partial charge in [-0.15, -0.1) is 0 Å². The second-order valence-electron chi connectivity index (χ2n) is 7.73. The van der Waals surface area contributed by atoms with E-state index in [4.69, 9.17) is 9.40 Å². The number of fused-ring (bicyclic) bond motifs is 3. The van der Waals surface area contributed by atoms with Gasteiger partial charge in [0.25, 0.3) is 0 Å². The van der Waals surface area contributed by atoms with Gasteiger partial charge in [0.15, 0.2) is 11.4 Å². The fraction of sp³-hybridized carbons (Fsp3) is 0.348. The van der Waals surface area contributed by atoms with E-state index < -0.39 is 0 Å². The van der Waals surface area contributed by atoms with Gasteiger partial charge >= 0.3 is 0 Å². The molecule has 5 rings (SSSR count). The number of rotatable bonds is 6. The molecule has 30 heavy (non-hydrogen) atoms. The van der Waals surface area contributed by atoms with E-state index in [9.17, 15) is 5.11 Å². The lowest BCUT2D eigenvalue weighted by Crippen LogP contribution is -2.40. The molecule has 0 amide bonds. The van der Waals surface area contributed by atoms with Crippen molar-refractivity contribution in [2.24, 2.45) is 0 Å². The molecule has 0 saturated carbocycles. The van der Waals surface area contributed by atoms with E-state index in [1.54, 1.807) is 6.33 Å². The maximum absolute atomic E-state index is 9.35. The Morgan fingerprint density at radius 3 is 2.90 bits per heavy atom. The number of para-hydroxylation sites is 1. The van der Waals surface area contributed by atoms with Crippen molar-refractivity contribution in [2.75, 3.05) is 23.4 Å². The van der Waals surface area contributed by atoms with Gasteiger partial charge in [-0.3, -0.25) is 0 Å². The van der Waals surface area contributed by atoms with Crippen molar-refractivity contribution in [3.8, 4) is 0 Å². The van der Waals surface area contributed by atoms with Crippen LogP contribution in [0.15, 0.2) is 53.3 Å². The molecule has 4 aromatic rings. The van der Waals surface area contributed by atoms with Crippen molar-refractivity contribution in [1.29, 1.82) is 0 Å². The molecular weight excluding hydrogens is 378 g/mol. The van der Waals surface area contributed by atoms with E-state index in [2.05, 4.69) is 32.3 Å². The highest BCUT2D eigenvalue weighted by molar-refractivity contribution is 6.05. The van der Waals surface area contributed by atoms with Gasteiger partial charge in [0, 0.05) is 37.3 Å². The first kappa shape index (κ1) is 18.8. The molecule has 1 aromatic carbocycles. The van der Waals surface area contributed by atoms with Crippen LogP contribution in [0, 0.1) is 0 Å². The van der Waals surface area contributed by atoms with E-state index in [0.29, 0.717) is 24.0 Å². The van der Waals surface area contributed by atoms with Crippen LogP contribution < -0.4 is 10.2 Å². The molecule has 1 aliphatic rings. The highest BCUT2D eigenvalue weighted by Gasteiger charge is 2.23. The summed E-state index contributed by atoms with van der Waals surface area (Å²) >= 11 is 0. The summed E-state index contributed by atoms with van der Waals surface area (Å²) in [6, 6.07) is 12.4. The van der Waals surface area contributed by atoms with Crippen molar-refractivity contribution < 1.29 is 9.52 Å². The molecule has 1 saturated heterocycles. The van der Waals surface area contributed by atoms with E-state index in [-0.39, 0.29) is 6.61 Å². The molecule has 1 atom stereocenters. The fourth-order valence-electron chi connectivity index (χ4n) is 4.28. The summed E-state index contributed by atoms with van der Waals surface area (Å²) in [6.07, 6.45) is 7.78. The normalized spacial score (nSPS) is 17.0. The summed E-state index contributed by atoms with van der Waals surface area (Å²) in [6.45, 7) is 1.81. The third-order valence-electron chi connectivity index (χ3n) is 5.81. The Morgan fingerprint density at radius 2 is 2.03 bits per heavy atom. The van der Waals surface area contributed by atoms with Crippen LogP contribution in [-0.4, -0.2) is 39.3 Å². The maximum atomic E-state index is 9.35. The van der Waals surface area contributed by atoms with Crippen molar-refractivity contribution in [3.05, 3.63) is 54.5 Å². The highest BCUT2D eigenvalue weighted by Crippen LogP contribution is 2.30. The number of furan rings is 1. The number of anilines is 2. The van der Waals surface area contributed by atoms with E-state index in [1.165, 1.54) is 12.8 Å². The number of benzene rings is 1. The molecule has 7 heteroatoms. The maximum Gasteiger partial charge on any atom is 0.196 e. The first-order valence-corrected chi connectivity index (χ1v) is 10.5. The summed E-state index contributed by atoms with van der Waals surface area (Å²) in [5.74, 6) is 1.66. The Labute approximate surface area is 174 Å². The van der Waals surface area contributed by atoms with Crippen LogP contribution >= 0.6 is 0 Å². The largest absolute Gasteiger partial charge is 0.450 e. The van der Waals surface area contributed by atoms with Crippen molar-refractivity contribution in [2.45, 2.75) is 38.3 Å². The van der Waals surface area contributed by atoms with Gasteiger partial charge in [-0.1, -0.05) is 18.2 Å². The van der Waals surface area contributed by atoms with Crippen molar-refractivity contribution in [1.82, 2.24) is 15.0 Å². The molecule has 0 spiro atoms. The Kier molecular flexibility index (Phi) is 5.19. The topological polar surface area (TPSA) is 87.3 Å². The van der Waals surface area contributed by atoms with Gasteiger partial charge in [-0.25, -0.2) is 15.0 Å². The first-order valence-electron chi connectivity index (χ1n) is 10.5. The number of aromatic nitrogens is 3. The quantitative estimate of drug-likeness (QED) is 0.501. The highest BCUT2D eigenvalue weighted by atomic mass is 16.3. The predicted molar refractivity (Wildman–Crippen MR) is 118 cm³/mol. The van der Waals surface area contributed by atoms with E-state index in [0.717, 1.165) is 47.3 Å². The zero-order valence-corrected chi connectivity index (χ0v) is 16.8. The van der Waals surface area contributed by atoms with Crippen LogP contribution in [0.2, 0.25) is 0 Å². The van der Waals surface area contributed by atoms with Gasteiger partial charge in [-0.2, -0.15) is 0 Å². The third-order valence-corrected chi connectivity index (χ3v) is 5.81. The second-order valence-corrected chi connectivity index (χ2v) is 7.73. The molecule has 0 aliphatic carbocycles. The molecule has 0 unspecified atom stereocenters. The molecule has 0 bridgehead atoms.